The molecule has 198 valence electrons. The minimum absolute atomic E-state index is 0.154. The van der Waals surface area contributed by atoms with Crippen LogP contribution in [0, 0.1) is 11.8 Å². The largest absolute Gasteiger partial charge is 0.335 e. The van der Waals surface area contributed by atoms with Gasteiger partial charge in [-0.15, -0.1) is 0 Å². The fourth-order valence-electron chi connectivity index (χ4n) is 8.05. The number of benzene rings is 3. The van der Waals surface area contributed by atoms with Crippen LogP contribution in [0.15, 0.2) is 112 Å². The van der Waals surface area contributed by atoms with E-state index >= 15 is 0 Å². The molecule has 0 saturated heterocycles. The highest BCUT2D eigenvalue weighted by Gasteiger charge is 2.53. The summed E-state index contributed by atoms with van der Waals surface area (Å²) in [6, 6.07) is 25.8. The number of allylic oxidation sites excluding steroid dienone is 2. The molecule has 3 unspecified atom stereocenters. The van der Waals surface area contributed by atoms with Gasteiger partial charge in [0.25, 0.3) is 17.9 Å². The Morgan fingerprint density at radius 2 is 1.43 bits per heavy atom. The van der Waals surface area contributed by atoms with Crippen LogP contribution in [0.4, 0.5) is 11.6 Å². The average Bonchev–Trinajstić information content (AvgIpc) is 3.72. The topological polar surface area (TPSA) is 65.0 Å². The Bertz CT molecular complexity index is 2430. The number of hydrogen-bond donors (Lipinski definition) is 1. The van der Waals surface area contributed by atoms with Crippen molar-refractivity contribution in [2.75, 3.05) is 12.4 Å². The summed E-state index contributed by atoms with van der Waals surface area (Å²) in [5, 5.41) is 8.49. The molecule has 1 aliphatic carbocycles. The van der Waals surface area contributed by atoms with E-state index in [9.17, 15) is 0 Å². The molecule has 7 heterocycles. The predicted octanol–water partition coefficient (Wildman–Crippen LogP) is 4.21. The molecule has 0 radical (unpaired) electrons. The molecule has 8 nitrogen and oxygen atoms in total. The van der Waals surface area contributed by atoms with Crippen molar-refractivity contribution in [1.29, 1.82) is 0 Å². The quantitative estimate of drug-likeness (QED) is 0.292. The van der Waals surface area contributed by atoms with Crippen molar-refractivity contribution < 1.29 is 9.15 Å². The highest BCUT2D eigenvalue weighted by Crippen LogP contribution is 2.46. The van der Waals surface area contributed by atoms with Crippen LogP contribution in [0.25, 0.3) is 21.5 Å². The smallest absolute Gasteiger partial charge is 0.261 e. The summed E-state index contributed by atoms with van der Waals surface area (Å²) >= 11 is 0. The van der Waals surface area contributed by atoms with Crippen LogP contribution in [0.5, 0.6) is 0 Å². The summed E-state index contributed by atoms with van der Waals surface area (Å²) in [6.45, 7) is 0. The molecule has 0 fully saturated rings. The Balaban J connectivity index is 1.37. The lowest BCUT2D eigenvalue weighted by atomic mass is 9.89. The second-order valence-electron chi connectivity index (χ2n) is 11.8. The molecule has 11 rings (SSSR count). The lowest BCUT2D eigenvalue weighted by molar-refractivity contribution is -0.633. The van der Waals surface area contributed by atoms with E-state index in [4.69, 9.17) is 15.0 Å². The summed E-state index contributed by atoms with van der Waals surface area (Å²) in [4.78, 5) is 16.5. The van der Waals surface area contributed by atoms with Crippen molar-refractivity contribution in [3.8, 4) is 0 Å². The first-order chi connectivity index (χ1) is 20.8. The molecular weight excluding hydrogens is 520 g/mol. The van der Waals surface area contributed by atoms with E-state index in [-0.39, 0.29) is 24.3 Å². The Morgan fingerprint density at radius 1 is 0.738 bits per heavy atom. The molecule has 0 amide bonds. The number of nitrogens with zero attached hydrogens (tertiary/aromatic N) is 7. The molecule has 0 spiro atoms. The zero-order chi connectivity index (χ0) is 27.3. The van der Waals surface area contributed by atoms with Gasteiger partial charge in [-0.1, -0.05) is 83.9 Å². The van der Waals surface area contributed by atoms with Gasteiger partial charge in [-0.3, -0.25) is 5.32 Å². The molecule has 42 heavy (non-hydrogen) atoms. The number of aliphatic imine (C=N–C) groups is 1. The summed E-state index contributed by atoms with van der Waals surface area (Å²) < 4.78 is 9.41. The molecular formula is C34H24N8+2. The van der Waals surface area contributed by atoms with Gasteiger partial charge >= 0.3 is 5.84 Å². The van der Waals surface area contributed by atoms with E-state index in [0.29, 0.717) is 0 Å². The summed E-state index contributed by atoms with van der Waals surface area (Å²) in [5.41, 5.74) is 4.22. The standard InChI is InChI=1S/C34H23N8/c1-39-26-18-10-2-3-11-19(18)27(39)36-29-21-13-5-7-15-23(21)31-38-33-25-17-9-8-16-24(25)32-37-30-22-14-6-4-12-20(22)28(35-26)40(30)34(41(29)31)42(32)33/h2-19,28,34H,1H3/q+1/p+1/b35-26-/t18?,19?,28?,34-/m0/s1. The molecule has 0 saturated carbocycles. The molecule has 2 bridgehead atoms. The first-order valence-corrected chi connectivity index (χ1v) is 14.5. The Morgan fingerprint density at radius 3 is 2.26 bits per heavy atom. The van der Waals surface area contributed by atoms with E-state index in [1.54, 1.807) is 0 Å². The van der Waals surface area contributed by atoms with Crippen molar-refractivity contribution in [1.82, 2.24) is 9.13 Å². The van der Waals surface area contributed by atoms with Crippen LogP contribution in [-0.4, -0.2) is 42.8 Å². The lowest BCUT2D eigenvalue weighted by Crippen LogP contribution is -2.48. The van der Waals surface area contributed by atoms with Gasteiger partial charge in [0.15, 0.2) is 17.1 Å². The van der Waals surface area contributed by atoms with Crippen LogP contribution in [0.3, 0.4) is 0 Å². The van der Waals surface area contributed by atoms with Gasteiger partial charge in [-0.05, 0) is 23.2 Å². The van der Waals surface area contributed by atoms with Crippen LogP contribution in [0.1, 0.15) is 23.6 Å². The first kappa shape index (κ1) is 21.4. The molecule has 3 aromatic carbocycles. The maximum Gasteiger partial charge on any atom is 0.335 e. The minimum atomic E-state index is -0.240. The molecule has 8 heteroatoms. The van der Waals surface area contributed by atoms with E-state index in [0.717, 1.165) is 67.2 Å². The van der Waals surface area contributed by atoms with E-state index < -0.39 is 0 Å². The molecule has 1 N–H and O–H groups in total. The molecule has 5 aliphatic heterocycles. The van der Waals surface area contributed by atoms with Crippen LogP contribution >= 0.6 is 0 Å². The fraction of sp³-hybridized carbons (Fsp3) is 0.147. The Hall–Kier alpha value is -5.37. The van der Waals surface area contributed by atoms with Gasteiger partial charge in [-0.2, -0.15) is 4.58 Å². The van der Waals surface area contributed by atoms with Crippen molar-refractivity contribution in [3.63, 3.8) is 0 Å². The number of rotatable bonds is 0. The summed E-state index contributed by atoms with van der Waals surface area (Å²) in [7, 11) is 2.15. The zero-order valence-corrected chi connectivity index (χ0v) is 22.7. The molecule has 4 atom stereocenters. The number of fused-ring (bicyclic) bond motifs is 13. The third kappa shape index (κ3) is 2.30. The maximum atomic E-state index is 5.64. The molecule has 2 aromatic heterocycles. The predicted molar refractivity (Wildman–Crippen MR) is 161 cm³/mol. The average molecular weight is 545 g/mol. The van der Waals surface area contributed by atoms with Crippen molar-refractivity contribution in [2.45, 2.75) is 12.5 Å². The van der Waals surface area contributed by atoms with Gasteiger partial charge in [0.1, 0.15) is 0 Å². The second-order valence-corrected chi connectivity index (χ2v) is 11.8. The number of hydrogen-bond acceptors (Lipinski definition) is 4. The maximum absolute atomic E-state index is 5.64. The van der Waals surface area contributed by atoms with Gasteiger partial charge in [0, 0.05) is 16.2 Å². The Kier molecular flexibility index (Phi) is 3.61. The van der Waals surface area contributed by atoms with E-state index in [1.165, 1.54) is 5.56 Å². The minimum Gasteiger partial charge on any atom is -0.261 e. The summed E-state index contributed by atoms with van der Waals surface area (Å²) in [5.74, 6) is 5.50. The fourth-order valence-corrected chi connectivity index (χ4v) is 8.05. The number of amidine groups is 3. The highest BCUT2D eigenvalue weighted by molar-refractivity contribution is 6.11. The van der Waals surface area contributed by atoms with Gasteiger partial charge < -0.3 is 0 Å². The number of anilines is 1. The van der Waals surface area contributed by atoms with E-state index in [1.807, 2.05) is 0 Å². The van der Waals surface area contributed by atoms with Gasteiger partial charge in [0.2, 0.25) is 11.7 Å². The summed E-state index contributed by atoms with van der Waals surface area (Å²) in [6.07, 6.45) is 8.42. The van der Waals surface area contributed by atoms with Gasteiger partial charge in [-0.25, -0.2) is 18.7 Å². The number of aromatic nitrogens is 2. The van der Waals surface area contributed by atoms with Crippen LogP contribution < -0.4 is 16.3 Å². The van der Waals surface area contributed by atoms with E-state index in [2.05, 4.69) is 128 Å². The third-order valence-corrected chi connectivity index (χ3v) is 9.83. The SMILES string of the molecule is C[N+]1=C2Nc3c4ccccc4c4n3[C@H]3n5c(c6ccccc6c5=N4)=NC4=[N+]3C(/N=C\1C1C=CC=CC21)c1ccccc14. The lowest BCUT2D eigenvalue weighted by Gasteiger charge is -2.28. The van der Waals surface area contributed by atoms with Crippen LogP contribution in [-0.2, 0) is 0 Å². The van der Waals surface area contributed by atoms with Crippen molar-refractivity contribution in [2.24, 2.45) is 26.8 Å². The monoisotopic (exact) mass is 544 g/mol. The van der Waals surface area contributed by atoms with Crippen molar-refractivity contribution >= 4 is 50.7 Å². The first-order valence-electron chi connectivity index (χ1n) is 14.5. The zero-order valence-electron chi connectivity index (χ0n) is 22.7. The normalized spacial score (nSPS) is 26.4. The highest BCUT2D eigenvalue weighted by atomic mass is 15.5. The van der Waals surface area contributed by atoms with Gasteiger partial charge in [0.05, 0.1) is 35.4 Å². The number of nitrogens with one attached hydrogen (secondary N) is 1. The van der Waals surface area contributed by atoms with Crippen LogP contribution in [0.2, 0.25) is 0 Å². The molecule has 6 aliphatic rings. The Labute approximate surface area is 239 Å². The van der Waals surface area contributed by atoms with Crippen molar-refractivity contribution in [3.05, 3.63) is 119 Å². The molecule has 5 aromatic rings. The third-order valence-electron chi connectivity index (χ3n) is 9.83. The second kappa shape index (κ2) is 7.09.